The quantitative estimate of drug-likeness (QED) is 0.764. The molecule has 1 saturated heterocycles. The molecular formula is C21H31N5O2. The molecule has 0 bridgehead atoms. The van der Waals surface area contributed by atoms with Gasteiger partial charge in [-0.3, -0.25) is 5.10 Å². The number of hydrogen-bond acceptors (Lipinski definition) is 4. The first kappa shape index (κ1) is 20.3. The van der Waals surface area contributed by atoms with Crippen molar-refractivity contribution < 1.29 is 9.53 Å². The lowest BCUT2D eigenvalue weighted by atomic mass is 10.1. The number of H-pyrrole nitrogens is 1. The average molecular weight is 386 g/mol. The lowest BCUT2D eigenvalue weighted by molar-refractivity contribution is 0.0483. The van der Waals surface area contributed by atoms with Crippen LogP contribution in [-0.4, -0.2) is 45.3 Å². The minimum Gasteiger partial charge on any atom is -0.372 e. The number of likely N-dealkylation sites (tertiary alicyclic amines) is 1. The Balaban J connectivity index is 1.64. The molecule has 1 fully saturated rings. The maximum atomic E-state index is 12.8. The third-order valence-corrected chi connectivity index (χ3v) is 5.00. The van der Waals surface area contributed by atoms with Gasteiger partial charge in [0, 0.05) is 19.5 Å². The summed E-state index contributed by atoms with van der Waals surface area (Å²) < 4.78 is 6.14. The van der Waals surface area contributed by atoms with Gasteiger partial charge in [-0.25, -0.2) is 9.78 Å². The van der Waals surface area contributed by atoms with E-state index in [1.165, 1.54) is 5.56 Å². The molecule has 0 unspecified atom stereocenters. The number of aromatic amines is 1. The van der Waals surface area contributed by atoms with Crippen molar-refractivity contribution in [3.63, 3.8) is 0 Å². The Morgan fingerprint density at radius 1 is 1.39 bits per heavy atom. The van der Waals surface area contributed by atoms with Crippen molar-refractivity contribution in [2.75, 3.05) is 13.1 Å². The monoisotopic (exact) mass is 385 g/mol. The number of rotatable bonds is 7. The van der Waals surface area contributed by atoms with Crippen molar-refractivity contribution in [3.05, 3.63) is 47.0 Å². The summed E-state index contributed by atoms with van der Waals surface area (Å²) in [5.41, 5.74) is 2.36. The molecular weight excluding hydrogens is 354 g/mol. The molecule has 3 rings (SSSR count). The van der Waals surface area contributed by atoms with E-state index in [4.69, 9.17) is 4.74 Å². The van der Waals surface area contributed by atoms with Crippen LogP contribution in [0.2, 0.25) is 0 Å². The number of nitrogens with one attached hydrogen (secondary N) is 2. The van der Waals surface area contributed by atoms with E-state index in [2.05, 4.69) is 59.5 Å². The van der Waals surface area contributed by atoms with Gasteiger partial charge >= 0.3 is 6.03 Å². The van der Waals surface area contributed by atoms with Crippen LogP contribution in [0.5, 0.6) is 0 Å². The SMILES string of the molecule is Cc1cccc(CO[C@H]2C[C@@H](c3n[nH]c(C)n3)N(C(=O)NCCC(C)C)C2)c1. The highest BCUT2D eigenvalue weighted by atomic mass is 16.5. The summed E-state index contributed by atoms with van der Waals surface area (Å²) in [5, 5.41) is 10.2. The third-order valence-electron chi connectivity index (χ3n) is 5.00. The van der Waals surface area contributed by atoms with E-state index in [1.807, 2.05) is 17.9 Å². The van der Waals surface area contributed by atoms with Gasteiger partial charge in [-0.05, 0) is 31.7 Å². The number of benzene rings is 1. The standard InChI is InChI=1S/C21H31N5O2/c1-14(2)8-9-22-21(27)26-12-18(11-19(26)20-23-16(4)24-25-20)28-13-17-7-5-6-15(3)10-17/h5-7,10,14,18-19H,8-9,11-13H2,1-4H3,(H,22,27)(H,23,24,25)/t18-,19-/m0/s1. The van der Waals surface area contributed by atoms with Crippen LogP contribution >= 0.6 is 0 Å². The molecule has 1 aromatic carbocycles. The number of amides is 2. The summed E-state index contributed by atoms with van der Waals surface area (Å²) >= 11 is 0. The Labute approximate surface area is 166 Å². The highest BCUT2D eigenvalue weighted by molar-refractivity contribution is 5.75. The van der Waals surface area contributed by atoms with Crippen molar-refractivity contribution >= 4 is 6.03 Å². The van der Waals surface area contributed by atoms with E-state index in [-0.39, 0.29) is 18.2 Å². The molecule has 2 N–H and O–H groups in total. The van der Waals surface area contributed by atoms with Gasteiger partial charge in [0.15, 0.2) is 5.82 Å². The molecule has 1 aliphatic rings. The van der Waals surface area contributed by atoms with Gasteiger partial charge in [0.1, 0.15) is 5.82 Å². The number of aryl methyl sites for hydroxylation is 2. The van der Waals surface area contributed by atoms with Crippen LogP contribution in [0.1, 0.15) is 55.5 Å². The molecule has 0 radical (unpaired) electrons. The summed E-state index contributed by atoms with van der Waals surface area (Å²) in [6.45, 7) is 9.98. The normalized spacial score (nSPS) is 19.4. The average Bonchev–Trinajstić information content (AvgIpc) is 3.26. The predicted octanol–water partition coefficient (Wildman–Crippen LogP) is 3.51. The number of carbonyl (C=O) groups is 1. The highest BCUT2D eigenvalue weighted by Gasteiger charge is 2.39. The molecule has 2 heterocycles. The van der Waals surface area contributed by atoms with E-state index in [9.17, 15) is 4.79 Å². The van der Waals surface area contributed by atoms with Gasteiger partial charge < -0.3 is 15.0 Å². The minimum absolute atomic E-state index is 0.0415. The third kappa shape index (κ3) is 5.32. The minimum atomic E-state index is -0.175. The zero-order valence-electron chi connectivity index (χ0n) is 17.2. The zero-order valence-corrected chi connectivity index (χ0v) is 17.2. The topological polar surface area (TPSA) is 83.1 Å². The van der Waals surface area contributed by atoms with Crippen molar-refractivity contribution in [2.45, 2.75) is 59.3 Å². The van der Waals surface area contributed by atoms with Gasteiger partial charge in [-0.1, -0.05) is 43.7 Å². The molecule has 0 spiro atoms. The van der Waals surface area contributed by atoms with Gasteiger partial charge in [0.05, 0.1) is 18.8 Å². The first-order valence-corrected chi connectivity index (χ1v) is 10.0. The Bertz CT molecular complexity index is 789. The lowest BCUT2D eigenvalue weighted by Crippen LogP contribution is -2.41. The number of hydrogen-bond donors (Lipinski definition) is 2. The van der Waals surface area contributed by atoms with Crippen molar-refractivity contribution in [2.24, 2.45) is 5.92 Å². The number of ether oxygens (including phenoxy) is 1. The Morgan fingerprint density at radius 2 is 2.21 bits per heavy atom. The molecule has 2 aromatic rings. The molecule has 2 amide bonds. The van der Waals surface area contributed by atoms with E-state index in [0.717, 1.165) is 17.8 Å². The van der Waals surface area contributed by atoms with Crippen LogP contribution in [0.4, 0.5) is 4.79 Å². The lowest BCUT2D eigenvalue weighted by Gasteiger charge is -2.23. The highest BCUT2D eigenvalue weighted by Crippen LogP contribution is 2.32. The van der Waals surface area contributed by atoms with Crippen LogP contribution < -0.4 is 5.32 Å². The first-order valence-electron chi connectivity index (χ1n) is 10.0. The van der Waals surface area contributed by atoms with Crippen molar-refractivity contribution in [1.82, 2.24) is 25.4 Å². The molecule has 1 aliphatic heterocycles. The second kappa shape index (κ2) is 9.19. The van der Waals surface area contributed by atoms with E-state index in [1.54, 1.807) is 0 Å². The van der Waals surface area contributed by atoms with Crippen molar-refractivity contribution in [3.8, 4) is 0 Å². The van der Waals surface area contributed by atoms with Crippen LogP contribution in [0.25, 0.3) is 0 Å². The Kier molecular flexibility index (Phi) is 6.67. The van der Waals surface area contributed by atoms with Crippen LogP contribution in [0, 0.1) is 19.8 Å². The van der Waals surface area contributed by atoms with E-state index >= 15 is 0 Å². The smallest absolute Gasteiger partial charge is 0.318 e. The molecule has 0 aliphatic carbocycles. The van der Waals surface area contributed by atoms with Crippen LogP contribution in [-0.2, 0) is 11.3 Å². The van der Waals surface area contributed by atoms with E-state index < -0.39 is 0 Å². The summed E-state index contributed by atoms with van der Waals surface area (Å²) in [4.78, 5) is 19.0. The maximum Gasteiger partial charge on any atom is 0.318 e. The predicted molar refractivity (Wildman–Crippen MR) is 108 cm³/mol. The van der Waals surface area contributed by atoms with Gasteiger partial charge in [0.25, 0.3) is 0 Å². The molecule has 28 heavy (non-hydrogen) atoms. The number of nitrogens with zero attached hydrogens (tertiary/aromatic N) is 3. The molecule has 7 heteroatoms. The molecule has 2 atom stereocenters. The molecule has 0 saturated carbocycles. The fraction of sp³-hybridized carbons (Fsp3) is 0.571. The van der Waals surface area contributed by atoms with Gasteiger partial charge in [0.2, 0.25) is 0 Å². The summed E-state index contributed by atoms with van der Waals surface area (Å²) in [6, 6.07) is 8.05. The van der Waals surface area contributed by atoms with Crippen LogP contribution in [0.15, 0.2) is 24.3 Å². The summed E-state index contributed by atoms with van der Waals surface area (Å²) in [7, 11) is 0. The molecule has 152 valence electrons. The number of aromatic nitrogens is 3. The van der Waals surface area contributed by atoms with Gasteiger partial charge in [-0.2, -0.15) is 5.10 Å². The Morgan fingerprint density at radius 3 is 2.89 bits per heavy atom. The second-order valence-electron chi connectivity index (χ2n) is 8.02. The second-order valence-corrected chi connectivity index (χ2v) is 8.02. The maximum absolute atomic E-state index is 12.8. The van der Waals surface area contributed by atoms with Gasteiger partial charge in [-0.15, -0.1) is 0 Å². The summed E-state index contributed by atoms with van der Waals surface area (Å²) in [5.74, 6) is 1.95. The largest absolute Gasteiger partial charge is 0.372 e. The number of carbonyl (C=O) groups excluding carboxylic acids is 1. The molecule has 1 aromatic heterocycles. The fourth-order valence-corrected chi connectivity index (χ4v) is 3.48. The van der Waals surface area contributed by atoms with Crippen LogP contribution in [0.3, 0.4) is 0 Å². The zero-order chi connectivity index (χ0) is 20.1. The van der Waals surface area contributed by atoms with Crippen molar-refractivity contribution in [1.29, 1.82) is 0 Å². The van der Waals surface area contributed by atoms with E-state index in [0.29, 0.717) is 37.9 Å². The summed E-state index contributed by atoms with van der Waals surface area (Å²) in [6.07, 6.45) is 1.61. The first-order chi connectivity index (χ1) is 13.4. The number of urea groups is 1. The Hall–Kier alpha value is -2.41. The molecule has 7 nitrogen and oxygen atoms in total. The fourth-order valence-electron chi connectivity index (χ4n) is 3.48.